The molecule has 0 radical (unpaired) electrons. The normalized spacial score (nSPS) is 25.3. The molecule has 0 amide bonds. The molecular formula is C15H25NOS. The zero-order valence-electron chi connectivity index (χ0n) is 11.5. The first-order chi connectivity index (χ1) is 8.58. The van der Waals surface area contributed by atoms with Gasteiger partial charge in [-0.1, -0.05) is 19.9 Å². The minimum absolute atomic E-state index is 0.0381. The molecule has 0 aliphatic heterocycles. The van der Waals surface area contributed by atoms with E-state index in [0.717, 1.165) is 31.8 Å². The van der Waals surface area contributed by atoms with Gasteiger partial charge in [0.15, 0.2) is 0 Å². The minimum Gasteiger partial charge on any atom is -0.393 e. The van der Waals surface area contributed by atoms with Crippen LogP contribution >= 0.6 is 11.3 Å². The molecule has 3 heteroatoms. The van der Waals surface area contributed by atoms with Gasteiger partial charge in [0, 0.05) is 16.8 Å². The summed E-state index contributed by atoms with van der Waals surface area (Å²) in [6.07, 6.45) is 4.28. The van der Waals surface area contributed by atoms with Gasteiger partial charge in [0.25, 0.3) is 0 Å². The van der Waals surface area contributed by atoms with Crippen molar-refractivity contribution in [3.8, 4) is 0 Å². The van der Waals surface area contributed by atoms with Gasteiger partial charge >= 0.3 is 0 Å². The number of rotatable bonds is 5. The summed E-state index contributed by atoms with van der Waals surface area (Å²) in [5, 5.41) is 15.3. The van der Waals surface area contributed by atoms with Gasteiger partial charge in [-0.2, -0.15) is 0 Å². The molecule has 0 spiro atoms. The lowest BCUT2D eigenvalue weighted by Crippen LogP contribution is -2.36. The lowest BCUT2D eigenvalue weighted by Gasteiger charge is -2.28. The maximum Gasteiger partial charge on any atom is 0.0540 e. The van der Waals surface area contributed by atoms with Crippen LogP contribution in [-0.2, 0) is 5.41 Å². The van der Waals surface area contributed by atoms with Crippen LogP contribution in [0.4, 0.5) is 0 Å². The number of aliphatic hydroxyl groups is 1. The number of nitrogens with one attached hydrogen (secondary N) is 1. The molecule has 1 heterocycles. The van der Waals surface area contributed by atoms with Crippen LogP contribution in [0.15, 0.2) is 17.5 Å². The van der Waals surface area contributed by atoms with E-state index in [9.17, 15) is 5.11 Å². The van der Waals surface area contributed by atoms with Crippen molar-refractivity contribution in [2.75, 3.05) is 13.1 Å². The molecule has 0 atom stereocenters. The summed E-state index contributed by atoms with van der Waals surface area (Å²) in [5.41, 5.74) is 0.225. The van der Waals surface area contributed by atoms with Gasteiger partial charge in [-0.05, 0) is 49.6 Å². The summed E-state index contributed by atoms with van der Waals surface area (Å²) in [4.78, 5) is 1.45. The van der Waals surface area contributed by atoms with Gasteiger partial charge in [-0.15, -0.1) is 11.3 Å². The smallest absolute Gasteiger partial charge is 0.0540 e. The Morgan fingerprint density at radius 1 is 1.33 bits per heavy atom. The predicted molar refractivity (Wildman–Crippen MR) is 78.2 cm³/mol. The Labute approximate surface area is 114 Å². The molecule has 1 aromatic heterocycles. The van der Waals surface area contributed by atoms with E-state index < -0.39 is 0 Å². The zero-order valence-corrected chi connectivity index (χ0v) is 12.3. The van der Waals surface area contributed by atoms with Crippen LogP contribution in [0.1, 0.15) is 44.4 Å². The monoisotopic (exact) mass is 267 g/mol. The standard InChI is InChI=1S/C15H25NOS/c1-15(2,14-4-3-9-18-14)11-16-10-12-5-7-13(17)8-6-12/h3-4,9,12-13,16-17H,5-8,10-11H2,1-2H3. The number of aliphatic hydroxyl groups excluding tert-OH is 1. The molecule has 1 fully saturated rings. The van der Waals surface area contributed by atoms with Gasteiger partial charge in [-0.3, -0.25) is 0 Å². The molecule has 0 bridgehead atoms. The molecule has 2 rings (SSSR count). The molecule has 2 nitrogen and oxygen atoms in total. The number of thiophene rings is 1. The number of hydrogen-bond donors (Lipinski definition) is 2. The van der Waals surface area contributed by atoms with E-state index in [0.29, 0.717) is 0 Å². The molecule has 1 aliphatic carbocycles. The van der Waals surface area contributed by atoms with Crippen molar-refractivity contribution in [2.45, 2.75) is 51.0 Å². The summed E-state index contributed by atoms with van der Waals surface area (Å²) in [6.45, 7) is 6.74. The highest BCUT2D eigenvalue weighted by molar-refractivity contribution is 7.10. The molecule has 1 aliphatic rings. The highest BCUT2D eigenvalue weighted by Gasteiger charge is 2.23. The topological polar surface area (TPSA) is 32.3 Å². The Hall–Kier alpha value is -0.380. The van der Waals surface area contributed by atoms with Crippen molar-refractivity contribution in [1.29, 1.82) is 0 Å². The average molecular weight is 267 g/mol. The van der Waals surface area contributed by atoms with Crippen molar-refractivity contribution < 1.29 is 5.11 Å². The van der Waals surface area contributed by atoms with E-state index in [2.05, 4.69) is 36.7 Å². The lowest BCUT2D eigenvalue weighted by molar-refractivity contribution is 0.108. The van der Waals surface area contributed by atoms with E-state index in [1.165, 1.54) is 17.7 Å². The van der Waals surface area contributed by atoms with E-state index in [1.807, 2.05) is 11.3 Å². The number of hydrogen-bond acceptors (Lipinski definition) is 3. The zero-order chi connectivity index (χ0) is 13.0. The van der Waals surface area contributed by atoms with Crippen LogP contribution in [0.3, 0.4) is 0 Å². The highest BCUT2D eigenvalue weighted by atomic mass is 32.1. The molecule has 0 saturated heterocycles. The van der Waals surface area contributed by atoms with Gasteiger partial charge in [0.05, 0.1) is 6.10 Å². The second-order valence-corrected chi connectivity index (χ2v) is 7.11. The first kappa shape index (κ1) is 14.0. The van der Waals surface area contributed by atoms with Crippen LogP contribution in [-0.4, -0.2) is 24.3 Å². The van der Waals surface area contributed by atoms with Crippen molar-refractivity contribution in [2.24, 2.45) is 5.92 Å². The van der Waals surface area contributed by atoms with Crippen molar-refractivity contribution >= 4 is 11.3 Å². The Morgan fingerprint density at radius 3 is 2.67 bits per heavy atom. The summed E-state index contributed by atoms with van der Waals surface area (Å²) < 4.78 is 0. The van der Waals surface area contributed by atoms with E-state index in [1.54, 1.807) is 0 Å². The van der Waals surface area contributed by atoms with Crippen LogP contribution in [0.25, 0.3) is 0 Å². The molecule has 0 aromatic carbocycles. The molecule has 18 heavy (non-hydrogen) atoms. The predicted octanol–water partition coefficient (Wildman–Crippen LogP) is 3.17. The van der Waals surface area contributed by atoms with Gasteiger partial charge < -0.3 is 10.4 Å². The highest BCUT2D eigenvalue weighted by Crippen LogP contribution is 2.27. The van der Waals surface area contributed by atoms with Gasteiger partial charge in [0.2, 0.25) is 0 Å². The molecule has 1 saturated carbocycles. The summed E-state index contributed by atoms with van der Waals surface area (Å²) in [7, 11) is 0. The molecule has 1 aromatic rings. The fourth-order valence-electron chi connectivity index (χ4n) is 2.69. The lowest BCUT2D eigenvalue weighted by atomic mass is 9.86. The van der Waals surface area contributed by atoms with Crippen LogP contribution in [0.2, 0.25) is 0 Å². The second-order valence-electron chi connectivity index (χ2n) is 6.17. The van der Waals surface area contributed by atoms with Gasteiger partial charge in [-0.25, -0.2) is 0 Å². The molecular weight excluding hydrogens is 242 g/mol. The summed E-state index contributed by atoms with van der Waals surface area (Å²) in [5.74, 6) is 0.757. The van der Waals surface area contributed by atoms with Crippen molar-refractivity contribution in [3.05, 3.63) is 22.4 Å². The third-order valence-electron chi connectivity index (χ3n) is 4.00. The fourth-order valence-corrected chi connectivity index (χ4v) is 3.54. The van der Waals surface area contributed by atoms with E-state index >= 15 is 0 Å². The second kappa shape index (κ2) is 6.18. The fraction of sp³-hybridized carbons (Fsp3) is 0.733. The van der Waals surface area contributed by atoms with Crippen LogP contribution in [0, 0.1) is 5.92 Å². The van der Waals surface area contributed by atoms with Crippen LogP contribution in [0.5, 0.6) is 0 Å². The average Bonchev–Trinajstić information content (AvgIpc) is 2.86. The molecule has 2 N–H and O–H groups in total. The maximum absolute atomic E-state index is 9.49. The van der Waals surface area contributed by atoms with Crippen LogP contribution < -0.4 is 5.32 Å². The third kappa shape index (κ3) is 3.81. The van der Waals surface area contributed by atoms with E-state index in [-0.39, 0.29) is 11.5 Å². The first-order valence-corrected chi connectivity index (χ1v) is 7.88. The molecule has 0 unspecified atom stereocenters. The summed E-state index contributed by atoms with van der Waals surface area (Å²) >= 11 is 1.84. The van der Waals surface area contributed by atoms with Crippen molar-refractivity contribution in [1.82, 2.24) is 5.32 Å². The Bertz CT molecular complexity index is 339. The minimum atomic E-state index is -0.0381. The summed E-state index contributed by atoms with van der Waals surface area (Å²) in [6, 6.07) is 4.35. The SMILES string of the molecule is CC(C)(CNCC1CCC(O)CC1)c1cccs1. The Kier molecular flexibility index (Phi) is 4.82. The van der Waals surface area contributed by atoms with E-state index in [4.69, 9.17) is 0 Å². The largest absolute Gasteiger partial charge is 0.393 e. The molecule has 102 valence electrons. The van der Waals surface area contributed by atoms with Crippen molar-refractivity contribution in [3.63, 3.8) is 0 Å². The quantitative estimate of drug-likeness (QED) is 0.859. The van der Waals surface area contributed by atoms with Gasteiger partial charge in [0.1, 0.15) is 0 Å². The maximum atomic E-state index is 9.49. The Morgan fingerprint density at radius 2 is 2.06 bits per heavy atom. The first-order valence-electron chi connectivity index (χ1n) is 7.01. The Balaban J connectivity index is 1.72. The third-order valence-corrected chi connectivity index (χ3v) is 5.24.